The number of allylic oxidation sites excluding steroid dienone is 3. The van der Waals surface area contributed by atoms with E-state index in [9.17, 15) is 5.26 Å². The number of para-hydroxylation sites is 1. The van der Waals surface area contributed by atoms with E-state index in [1.165, 1.54) is 27.8 Å². The highest BCUT2D eigenvalue weighted by Crippen LogP contribution is 2.58. The van der Waals surface area contributed by atoms with Crippen LogP contribution in [-0.2, 0) is 10.8 Å². The second-order valence-corrected chi connectivity index (χ2v) is 12.9. The molecule has 5 aromatic rings. The number of aromatic nitrogens is 1. The molecule has 1 aromatic heterocycles. The van der Waals surface area contributed by atoms with E-state index in [1.54, 1.807) is 0 Å². The fourth-order valence-electron chi connectivity index (χ4n) is 8.00. The second kappa shape index (κ2) is 9.49. The van der Waals surface area contributed by atoms with E-state index in [0.29, 0.717) is 5.56 Å². The van der Waals surface area contributed by atoms with Crippen molar-refractivity contribution in [1.82, 2.24) is 4.57 Å². The predicted octanol–water partition coefficient (Wildman–Crippen LogP) is 9.49. The van der Waals surface area contributed by atoms with E-state index in [-0.39, 0.29) is 11.5 Å². The summed E-state index contributed by atoms with van der Waals surface area (Å²) in [7, 11) is 0. The minimum Gasteiger partial charge on any atom is -0.484 e. The quantitative estimate of drug-likeness (QED) is 0.199. The van der Waals surface area contributed by atoms with Crippen molar-refractivity contribution in [1.29, 1.82) is 5.26 Å². The number of terminal acetylenes is 1. The Kier molecular flexibility index (Phi) is 5.71. The first-order valence-corrected chi connectivity index (χ1v) is 15.5. The first kappa shape index (κ1) is 27.1. The second-order valence-electron chi connectivity index (χ2n) is 12.9. The summed E-state index contributed by atoms with van der Waals surface area (Å²) in [6, 6.07) is 29.9. The van der Waals surface area contributed by atoms with Gasteiger partial charge in [-0.2, -0.15) is 5.26 Å². The summed E-state index contributed by atoms with van der Waals surface area (Å²) in [4.78, 5) is 0. The number of nitriles is 1. The molecular weight excluding hydrogens is 548 g/mol. The highest BCUT2D eigenvalue weighted by molar-refractivity contribution is 5.95. The standard InChI is InChI=1S/C42H32N2O/c1-6-13-34-28(7-2)30-16-9-11-18-35(30)44(34)36-19-12-14-27(25-43)38(36)26-20-23-37-42(5,24-26)33-22-21-31-29-15-8-10-17-32(29)41(3,4)39(31)40(33)45-37/h2,6,8-24,37H,1,3-5H3/b13-6-. The van der Waals surface area contributed by atoms with Crippen molar-refractivity contribution in [3.05, 3.63) is 142 Å². The Morgan fingerprint density at radius 3 is 2.51 bits per heavy atom. The van der Waals surface area contributed by atoms with Crippen LogP contribution in [-0.4, -0.2) is 10.7 Å². The highest BCUT2D eigenvalue weighted by atomic mass is 16.5. The lowest BCUT2D eigenvalue weighted by Gasteiger charge is -2.30. The zero-order valence-corrected chi connectivity index (χ0v) is 25.8. The van der Waals surface area contributed by atoms with E-state index in [4.69, 9.17) is 11.2 Å². The number of hydrogen-bond acceptors (Lipinski definition) is 2. The van der Waals surface area contributed by atoms with Gasteiger partial charge < -0.3 is 9.30 Å². The van der Waals surface area contributed by atoms with Crippen LogP contribution in [0.1, 0.15) is 66.8 Å². The molecule has 2 atom stereocenters. The summed E-state index contributed by atoms with van der Waals surface area (Å²) in [5, 5.41) is 11.4. The van der Waals surface area contributed by atoms with Gasteiger partial charge in [-0.15, -0.1) is 6.42 Å². The highest BCUT2D eigenvalue weighted by Gasteiger charge is 2.49. The normalized spacial score (nSPS) is 20.1. The minimum absolute atomic E-state index is 0.154. The Hall–Kier alpha value is -5.51. The summed E-state index contributed by atoms with van der Waals surface area (Å²) >= 11 is 0. The van der Waals surface area contributed by atoms with Gasteiger partial charge >= 0.3 is 0 Å². The van der Waals surface area contributed by atoms with Crippen LogP contribution in [0.25, 0.3) is 39.4 Å². The molecule has 0 amide bonds. The molecule has 0 radical (unpaired) electrons. The van der Waals surface area contributed by atoms with E-state index < -0.39 is 5.41 Å². The number of fused-ring (bicyclic) bond motifs is 8. The van der Waals surface area contributed by atoms with Crippen molar-refractivity contribution in [3.8, 4) is 41.0 Å². The van der Waals surface area contributed by atoms with E-state index in [1.807, 2.05) is 37.3 Å². The van der Waals surface area contributed by atoms with Gasteiger partial charge in [0.05, 0.1) is 39.5 Å². The molecule has 3 nitrogen and oxygen atoms in total. The molecule has 4 aromatic carbocycles. The first-order valence-electron chi connectivity index (χ1n) is 15.5. The number of rotatable bonds is 3. The molecule has 216 valence electrons. The van der Waals surface area contributed by atoms with E-state index in [0.717, 1.165) is 44.7 Å². The Labute approximate surface area is 264 Å². The molecule has 1 aliphatic heterocycles. The predicted molar refractivity (Wildman–Crippen MR) is 184 cm³/mol. The molecule has 45 heavy (non-hydrogen) atoms. The Morgan fingerprint density at radius 1 is 0.911 bits per heavy atom. The fourth-order valence-corrected chi connectivity index (χ4v) is 8.00. The summed E-state index contributed by atoms with van der Waals surface area (Å²) in [5.41, 5.74) is 11.9. The van der Waals surface area contributed by atoms with E-state index in [2.05, 4.69) is 116 Å². The maximum absolute atomic E-state index is 10.4. The van der Waals surface area contributed by atoms with Gasteiger partial charge in [-0.1, -0.05) is 98.7 Å². The maximum atomic E-state index is 10.4. The minimum atomic E-state index is -0.423. The molecule has 3 aliphatic rings. The van der Waals surface area contributed by atoms with Crippen LogP contribution >= 0.6 is 0 Å². The molecule has 2 unspecified atom stereocenters. The zero-order chi connectivity index (χ0) is 31.1. The lowest BCUT2D eigenvalue weighted by atomic mass is 9.72. The monoisotopic (exact) mass is 580 g/mol. The number of ether oxygens (including phenoxy) is 1. The summed E-state index contributed by atoms with van der Waals surface area (Å²) < 4.78 is 9.08. The average molecular weight is 581 g/mol. The Bertz CT molecular complexity index is 2280. The molecule has 2 aliphatic carbocycles. The summed E-state index contributed by atoms with van der Waals surface area (Å²) in [6.07, 6.45) is 16.6. The third-order valence-corrected chi connectivity index (χ3v) is 10.1. The van der Waals surface area contributed by atoms with Crippen LogP contribution in [0, 0.1) is 23.7 Å². The van der Waals surface area contributed by atoms with Gasteiger partial charge in [-0.3, -0.25) is 0 Å². The number of hydrogen-bond donors (Lipinski definition) is 0. The van der Waals surface area contributed by atoms with Crippen molar-refractivity contribution in [2.75, 3.05) is 0 Å². The molecule has 8 rings (SSSR count). The van der Waals surface area contributed by atoms with Gasteiger partial charge in [0, 0.05) is 27.5 Å². The molecule has 3 heteroatoms. The lowest BCUT2D eigenvalue weighted by molar-refractivity contribution is 0.226. The summed E-state index contributed by atoms with van der Waals surface area (Å²) in [6.45, 7) is 8.85. The average Bonchev–Trinajstić information content (AvgIpc) is 3.62. The van der Waals surface area contributed by atoms with Crippen molar-refractivity contribution in [2.45, 2.75) is 44.6 Å². The molecule has 0 spiro atoms. The van der Waals surface area contributed by atoms with Crippen LogP contribution in [0.4, 0.5) is 0 Å². The van der Waals surface area contributed by atoms with Gasteiger partial charge in [-0.05, 0) is 66.5 Å². The molecule has 2 heterocycles. The third kappa shape index (κ3) is 3.53. The summed E-state index contributed by atoms with van der Waals surface area (Å²) in [5.74, 6) is 3.93. The Morgan fingerprint density at radius 2 is 1.71 bits per heavy atom. The molecule has 0 fully saturated rings. The van der Waals surface area contributed by atoms with Crippen LogP contribution in [0.2, 0.25) is 0 Å². The van der Waals surface area contributed by atoms with Crippen molar-refractivity contribution in [2.24, 2.45) is 0 Å². The first-order chi connectivity index (χ1) is 21.8. The Balaban J connectivity index is 1.36. The van der Waals surface area contributed by atoms with Crippen LogP contribution in [0.3, 0.4) is 0 Å². The van der Waals surface area contributed by atoms with Gasteiger partial charge in [-0.25, -0.2) is 0 Å². The van der Waals surface area contributed by atoms with Crippen molar-refractivity contribution in [3.63, 3.8) is 0 Å². The van der Waals surface area contributed by atoms with Crippen LogP contribution in [0.15, 0.2) is 103 Å². The maximum Gasteiger partial charge on any atom is 0.130 e. The van der Waals surface area contributed by atoms with Gasteiger partial charge in [0.25, 0.3) is 0 Å². The molecule has 0 saturated heterocycles. The van der Waals surface area contributed by atoms with Gasteiger partial charge in [0.15, 0.2) is 0 Å². The molecule has 0 saturated carbocycles. The molecular formula is C42H32N2O. The van der Waals surface area contributed by atoms with Gasteiger partial charge in [0.2, 0.25) is 0 Å². The van der Waals surface area contributed by atoms with Crippen LogP contribution in [0.5, 0.6) is 5.75 Å². The smallest absolute Gasteiger partial charge is 0.130 e. The number of benzene rings is 4. The van der Waals surface area contributed by atoms with Crippen molar-refractivity contribution >= 4 is 22.6 Å². The topological polar surface area (TPSA) is 38.0 Å². The number of nitrogens with zero attached hydrogens (tertiary/aromatic N) is 2. The van der Waals surface area contributed by atoms with Crippen LogP contribution < -0.4 is 4.74 Å². The van der Waals surface area contributed by atoms with Gasteiger partial charge in [0.1, 0.15) is 11.9 Å². The van der Waals surface area contributed by atoms with E-state index >= 15 is 0 Å². The fraction of sp³-hybridized carbons (Fsp3) is 0.167. The molecule has 0 N–H and O–H groups in total. The van der Waals surface area contributed by atoms with Crippen molar-refractivity contribution < 1.29 is 4.74 Å². The zero-order valence-electron chi connectivity index (χ0n) is 25.8. The molecule has 0 bridgehead atoms. The SMILES string of the molecule is C#Cc1c(/C=C\C)n(-c2cccc(C#N)c2C2=CC3(C)c4ccc5c(c4OC3C=C2)C(C)(C)c2ccccc2-5)c2ccccc12. The lowest BCUT2D eigenvalue weighted by Crippen LogP contribution is -2.33. The third-order valence-electron chi connectivity index (χ3n) is 10.1. The largest absolute Gasteiger partial charge is 0.484 e.